The molecule has 0 radical (unpaired) electrons. The maximum atomic E-state index is 12.7. The smallest absolute Gasteiger partial charge is 0.248 e. The SMILES string of the molecule is CCC(=O)N1CSC[C@@H]1C(=O)Nc1ccccc1CN1CCCC1. The van der Waals surface area contributed by atoms with Gasteiger partial charge in [0.15, 0.2) is 0 Å². The zero-order valence-corrected chi connectivity index (χ0v) is 15.0. The molecule has 2 heterocycles. The maximum Gasteiger partial charge on any atom is 0.248 e. The predicted molar refractivity (Wildman–Crippen MR) is 97.8 cm³/mol. The molecule has 3 rings (SSSR count). The van der Waals surface area contributed by atoms with Gasteiger partial charge in [0.1, 0.15) is 6.04 Å². The summed E-state index contributed by atoms with van der Waals surface area (Å²) in [6.07, 6.45) is 2.94. The molecule has 2 amide bonds. The van der Waals surface area contributed by atoms with Crippen LogP contribution in [0.5, 0.6) is 0 Å². The van der Waals surface area contributed by atoms with E-state index in [2.05, 4.69) is 16.3 Å². The molecule has 1 aromatic rings. The van der Waals surface area contributed by atoms with Crippen molar-refractivity contribution in [2.75, 3.05) is 30.0 Å². The summed E-state index contributed by atoms with van der Waals surface area (Å²) in [4.78, 5) is 28.8. The molecule has 0 unspecified atom stereocenters. The van der Waals surface area contributed by atoms with E-state index in [0.29, 0.717) is 18.1 Å². The van der Waals surface area contributed by atoms with Crippen LogP contribution in [0.25, 0.3) is 0 Å². The molecular formula is C18H25N3O2S. The Morgan fingerprint density at radius 2 is 2.00 bits per heavy atom. The molecule has 1 N–H and O–H groups in total. The highest BCUT2D eigenvalue weighted by molar-refractivity contribution is 7.99. The summed E-state index contributed by atoms with van der Waals surface area (Å²) in [5.41, 5.74) is 2.02. The van der Waals surface area contributed by atoms with Crippen LogP contribution in [0.2, 0.25) is 0 Å². The molecule has 6 heteroatoms. The number of likely N-dealkylation sites (tertiary alicyclic amines) is 1. The van der Waals surface area contributed by atoms with Crippen LogP contribution in [0, 0.1) is 0 Å². The molecule has 1 aromatic carbocycles. The van der Waals surface area contributed by atoms with Crippen LogP contribution in [0.4, 0.5) is 5.69 Å². The van der Waals surface area contributed by atoms with Gasteiger partial charge in [0, 0.05) is 24.4 Å². The van der Waals surface area contributed by atoms with Gasteiger partial charge in [-0.3, -0.25) is 14.5 Å². The van der Waals surface area contributed by atoms with Crippen LogP contribution in [0.15, 0.2) is 24.3 Å². The minimum absolute atomic E-state index is 0.0468. The molecule has 2 aliphatic heterocycles. The molecule has 1 atom stereocenters. The van der Waals surface area contributed by atoms with Gasteiger partial charge in [0.05, 0.1) is 5.88 Å². The van der Waals surface area contributed by atoms with Crippen molar-refractivity contribution in [3.8, 4) is 0 Å². The Morgan fingerprint density at radius 3 is 2.75 bits per heavy atom. The largest absolute Gasteiger partial charge is 0.324 e. The molecule has 0 saturated carbocycles. The second kappa shape index (κ2) is 8.03. The Balaban J connectivity index is 1.68. The lowest BCUT2D eigenvalue weighted by atomic mass is 10.1. The van der Waals surface area contributed by atoms with Crippen LogP contribution in [0.1, 0.15) is 31.7 Å². The molecule has 130 valence electrons. The second-order valence-corrected chi connectivity index (χ2v) is 7.36. The Labute approximate surface area is 147 Å². The number of nitrogens with zero attached hydrogens (tertiary/aromatic N) is 2. The number of thioether (sulfide) groups is 1. The maximum absolute atomic E-state index is 12.7. The summed E-state index contributed by atoms with van der Waals surface area (Å²) < 4.78 is 0. The predicted octanol–water partition coefficient (Wildman–Crippen LogP) is 2.53. The topological polar surface area (TPSA) is 52.7 Å². The third-order valence-corrected chi connectivity index (χ3v) is 5.69. The van der Waals surface area contributed by atoms with Gasteiger partial charge in [0.25, 0.3) is 0 Å². The quantitative estimate of drug-likeness (QED) is 0.889. The zero-order chi connectivity index (χ0) is 16.9. The van der Waals surface area contributed by atoms with Crippen molar-refractivity contribution in [2.24, 2.45) is 0 Å². The van der Waals surface area contributed by atoms with E-state index in [9.17, 15) is 9.59 Å². The Hall–Kier alpha value is -1.53. The monoisotopic (exact) mass is 347 g/mol. The van der Waals surface area contributed by atoms with Gasteiger partial charge >= 0.3 is 0 Å². The van der Waals surface area contributed by atoms with Gasteiger partial charge in [-0.25, -0.2) is 0 Å². The molecule has 0 aliphatic carbocycles. The number of anilines is 1. The summed E-state index contributed by atoms with van der Waals surface area (Å²) in [5.74, 6) is 1.26. The lowest BCUT2D eigenvalue weighted by Gasteiger charge is -2.23. The van der Waals surface area contributed by atoms with Crippen molar-refractivity contribution in [1.29, 1.82) is 0 Å². The van der Waals surface area contributed by atoms with Gasteiger partial charge in [-0.1, -0.05) is 25.1 Å². The molecular weight excluding hydrogens is 322 g/mol. The third-order valence-electron chi connectivity index (χ3n) is 4.68. The molecule has 2 aliphatic rings. The molecule has 2 saturated heterocycles. The molecule has 2 fully saturated rings. The first-order chi connectivity index (χ1) is 11.7. The minimum Gasteiger partial charge on any atom is -0.324 e. The van der Waals surface area contributed by atoms with Gasteiger partial charge in [-0.15, -0.1) is 11.8 Å². The fourth-order valence-electron chi connectivity index (χ4n) is 3.29. The van der Waals surface area contributed by atoms with E-state index in [4.69, 9.17) is 0 Å². The van der Waals surface area contributed by atoms with E-state index >= 15 is 0 Å². The van der Waals surface area contributed by atoms with E-state index in [0.717, 1.165) is 30.9 Å². The van der Waals surface area contributed by atoms with Gasteiger partial charge in [0.2, 0.25) is 11.8 Å². The summed E-state index contributed by atoms with van der Waals surface area (Å²) in [6.45, 7) is 4.96. The number of rotatable bonds is 5. The number of carbonyl (C=O) groups excluding carboxylic acids is 2. The van der Waals surface area contributed by atoms with E-state index in [1.54, 1.807) is 16.7 Å². The van der Waals surface area contributed by atoms with Gasteiger partial charge in [-0.05, 0) is 37.6 Å². The molecule has 0 aromatic heterocycles. The van der Waals surface area contributed by atoms with Crippen molar-refractivity contribution >= 4 is 29.3 Å². The van der Waals surface area contributed by atoms with Crippen molar-refractivity contribution in [3.63, 3.8) is 0 Å². The van der Waals surface area contributed by atoms with E-state index < -0.39 is 0 Å². The number of amides is 2. The van der Waals surface area contributed by atoms with Crippen molar-refractivity contribution in [1.82, 2.24) is 9.80 Å². The van der Waals surface area contributed by atoms with E-state index in [1.807, 2.05) is 25.1 Å². The van der Waals surface area contributed by atoms with Crippen molar-refractivity contribution in [3.05, 3.63) is 29.8 Å². The lowest BCUT2D eigenvalue weighted by molar-refractivity contribution is -0.135. The van der Waals surface area contributed by atoms with Crippen LogP contribution in [0.3, 0.4) is 0 Å². The fourth-order valence-corrected chi connectivity index (χ4v) is 4.47. The summed E-state index contributed by atoms with van der Waals surface area (Å²) >= 11 is 1.64. The number of nitrogens with one attached hydrogen (secondary N) is 1. The number of hydrogen-bond donors (Lipinski definition) is 1. The highest BCUT2D eigenvalue weighted by Crippen LogP contribution is 2.25. The average molecular weight is 347 g/mol. The molecule has 24 heavy (non-hydrogen) atoms. The van der Waals surface area contributed by atoms with Gasteiger partial charge < -0.3 is 10.2 Å². The van der Waals surface area contributed by atoms with Crippen LogP contribution in [-0.2, 0) is 16.1 Å². The minimum atomic E-state index is -0.359. The molecule has 0 spiro atoms. The number of para-hydroxylation sites is 1. The summed E-state index contributed by atoms with van der Waals surface area (Å²) in [7, 11) is 0. The fraction of sp³-hybridized carbons (Fsp3) is 0.556. The van der Waals surface area contributed by atoms with Crippen LogP contribution in [-0.4, -0.2) is 52.4 Å². The summed E-state index contributed by atoms with van der Waals surface area (Å²) in [6, 6.07) is 7.63. The second-order valence-electron chi connectivity index (χ2n) is 6.36. The standard InChI is InChI=1S/C18H25N3O2S/c1-2-17(22)21-13-24-12-16(21)18(23)19-15-8-4-3-7-14(15)11-20-9-5-6-10-20/h3-4,7-8,16H,2,5-6,9-13H2,1H3,(H,19,23)/t16-/m1/s1. The number of carbonyl (C=O) groups is 2. The molecule has 5 nitrogen and oxygen atoms in total. The van der Waals surface area contributed by atoms with Crippen molar-refractivity contribution in [2.45, 2.75) is 38.8 Å². The average Bonchev–Trinajstić information content (AvgIpc) is 3.27. The Morgan fingerprint density at radius 1 is 1.25 bits per heavy atom. The third kappa shape index (κ3) is 3.92. The van der Waals surface area contributed by atoms with Crippen molar-refractivity contribution < 1.29 is 9.59 Å². The highest BCUT2D eigenvalue weighted by atomic mass is 32.2. The molecule has 0 bridgehead atoms. The normalized spacial score (nSPS) is 21.2. The first-order valence-corrected chi connectivity index (χ1v) is 9.83. The first kappa shape index (κ1) is 17.3. The Bertz CT molecular complexity index is 602. The van der Waals surface area contributed by atoms with E-state index in [-0.39, 0.29) is 17.9 Å². The first-order valence-electron chi connectivity index (χ1n) is 8.67. The number of benzene rings is 1. The van der Waals surface area contributed by atoms with Crippen LogP contribution >= 0.6 is 11.8 Å². The number of hydrogen-bond acceptors (Lipinski definition) is 4. The highest BCUT2D eigenvalue weighted by Gasteiger charge is 2.34. The van der Waals surface area contributed by atoms with Gasteiger partial charge in [-0.2, -0.15) is 0 Å². The Kier molecular flexibility index (Phi) is 5.79. The summed E-state index contributed by atoms with van der Waals surface area (Å²) in [5, 5.41) is 3.06. The zero-order valence-electron chi connectivity index (χ0n) is 14.2. The van der Waals surface area contributed by atoms with E-state index in [1.165, 1.54) is 12.8 Å². The lowest BCUT2D eigenvalue weighted by Crippen LogP contribution is -2.44. The van der Waals surface area contributed by atoms with Crippen LogP contribution < -0.4 is 5.32 Å².